The van der Waals surface area contributed by atoms with Crippen molar-refractivity contribution in [1.82, 2.24) is 15.1 Å². The van der Waals surface area contributed by atoms with Crippen molar-refractivity contribution in [2.75, 3.05) is 11.9 Å². The zero-order chi connectivity index (χ0) is 13.8. The van der Waals surface area contributed by atoms with Gasteiger partial charge in [0.05, 0.1) is 11.9 Å². The molecule has 0 aromatic carbocycles. The summed E-state index contributed by atoms with van der Waals surface area (Å²) >= 11 is 0. The maximum absolute atomic E-state index is 11.8. The fraction of sp³-hybridized carbons (Fsp3) is 0.615. The fourth-order valence-corrected chi connectivity index (χ4v) is 1.74. The minimum absolute atomic E-state index is 0.0417. The van der Waals surface area contributed by atoms with Crippen molar-refractivity contribution in [1.29, 1.82) is 0 Å². The van der Waals surface area contributed by atoms with Crippen LogP contribution in [0.4, 0.5) is 5.69 Å². The van der Waals surface area contributed by atoms with Crippen LogP contribution in [-0.2, 0) is 11.3 Å². The lowest BCUT2D eigenvalue weighted by Gasteiger charge is -2.10. The summed E-state index contributed by atoms with van der Waals surface area (Å²) in [5, 5.41) is 9.92. The lowest BCUT2D eigenvalue weighted by atomic mass is 10.4. The minimum Gasteiger partial charge on any atom is -0.383 e. The van der Waals surface area contributed by atoms with Crippen molar-refractivity contribution in [2.24, 2.45) is 5.92 Å². The molecule has 1 saturated carbocycles. The van der Waals surface area contributed by atoms with Crippen LogP contribution < -0.4 is 16.2 Å². The monoisotopic (exact) mass is 264 g/mol. The zero-order valence-electron chi connectivity index (χ0n) is 11.3. The fourth-order valence-electron chi connectivity index (χ4n) is 1.74. The topological polar surface area (TPSA) is 76.0 Å². The van der Waals surface area contributed by atoms with E-state index in [-0.39, 0.29) is 24.1 Å². The summed E-state index contributed by atoms with van der Waals surface area (Å²) in [6.45, 7) is 4.59. The maximum Gasteiger partial charge on any atom is 0.269 e. The number of carbonyl (C=O) groups is 1. The van der Waals surface area contributed by atoms with Gasteiger partial charge in [-0.1, -0.05) is 0 Å². The summed E-state index contributed by atoms with van der Waals surface area (Å²) in [4.78, 5) is 23.4. The number of anilines is 1. The Hall–Kier alpha value is -1.85. The molecule has 1 heterocycles. The van der Waals surface area contributed by atoms with Gasteiger partial charge in [0.2, 0.25) is 5.91 Å². The van der Waals surface area contributed by atoms with Gasteiger partial charge in [0.1, 0.15) is 6.54 Å². The van der Waals surface area contributed by atoms with Crippen molar-refractivity contribution >= 4 is 11.6 Å². The third-order valence-corrected chi connectivity index (χ3v) is 2.90. The lowest BCUT2D eigenvalue weighted by Crippen LogP contribution is -2.36. The molecule has 19 heavy (non-hydrogen) atoms. The normalized spacial score (nSPS) is 14.5. The maximum atomic E-state index is 11.8. The molecule has 1 fully saturated rings. The van der Waals surface area contributed by atoms with Crippen LogP contribution in [0, 0.1) is 5.92 Å². The quantitative estimate of drug-likeness (QED) is 0.788. The van der Waals surface area contributed by atoms with Gasteiger partial charge in [-0.2, -0.15) is 5.10 Å². The third kappa shape index (κ3) is 4.39. The first-order valence-electron chi connectivity index (χ1n) is 6.65. The van der Waals surface area contributed by atoms with E-state index < -0.39 is 0 Å². The van der Waals surface area contributed by atoms with Crippen molar-refractivity contribution in [2.45, 2.75) is 39.3 Å². The van der Waals surface area contributed by atoms with Crippen molar-refractivity contribution in [3.05, 3.63) is 22.6 Å². The molecule has 0 bridgehead atoms. The van der Waals surface area contributed by atoms with Crippen molar-refractivity contribution in [3.63, 3.8) is 0 Å². The molecule has 0 spiro atoms. The average molecular weight is 264 g/mol. The molecule has 1 aromatic rings. The van der Waals surface area contributed by atoms with Gasteiger partial charge in [-0.25, -0.2) is 4.68 Å². The first kappa shape index (κ1) is 13.6. The van der Waals surface area contributed by atoms with Crippen molar-refractivity contribution in [3.8, 4) is 0 Å². The summed E-state index contributed by atoms with van der Waals surface area (Å²) < 4.78 is 1.17. The smallest absolute Gasteiger partial charge is 0.269 e. The van der Waals surface area contributed by atoms with Crippen LogP contribution in [0.1, 0.15) is 26.7 Å². The number of aromatic nitrogens is 2. The Morgan fingerprint density at radius 3 is 2.84 bits per heavy atom. The van der Waals surface area contributed by atoms with E-state index in [1.54, 1.807) is 6.20 Å². The van der Waals surface area contributed by atoms with Gasteiger partial charge in [-0.3, -0.25) is 9.59 Å². The number of rotatable bonds is 6. The minimum atomic E-state index is -0.264. The standard InChI is InChI=1S/C13H20N4O2/c1-9(2)16-12(18)8-17-13(19)5-11(7-15-17)14-6-10-3-4-10/h5,7,9-10,14H,3-4,6,8H2,1-2H3,(H,16,18). The van der Waals surface area contributed by atoms with Crippen LogP contribution >= 0.6 is 0 Å². The van der Waals surface area contributed by atoms with E-state index in [1.165, 1.54) is 23.6 Å². The molecule has 0 atom stereocenters. The van der Waals surface area contributed by atoms with Crippen LogP contribution in [0.2, 0.25) is 0 Å². The first-order chi connectivity index (χ1) is 9.04. The molecular weight excluding hydrogens is 244 g/mol. The summed E-state index contributed by atoms with van der Waals surface area (Å²) in [6, 6.07) is 1.54. The Morgan fingerprint density at radius 1 is 1.53 bits per heavy atom. The van der Waals surface area contributed by atoms with Gasteiger partial charge >= 0.3 is 0 Å². The van der Waals surface area contributed by atoms with Gasteiger partial charge in [-0.15, -0.1) is 0 Å². The molecular formula is C13H20N4O2. The number of carbonyl (C=O) groups excluding carboxylic acids is 1. The third-order valence-electron chi connectivity index (χ3n) is 2.90. The molecule has 6 nitrogen and oxygen atoms in total. The van der Waals surface area contributed by atoms with Crippen LogP contribution in [0.5, 0.6) is 0 Å². The SMILES string of the molecule is CC(C)NC(=O)Cn1ncc(NCC2CC2)cc1=O. The number of nitrogens with zero attached hydrogens (tertiary/aromatic N) is 2. The number of hydrogen-bond acceptors (Lipinski definition) is 4. The van der Waals surface area contributed by atoms with E-state index in [0.29, 0.717) is 0 Å². The molecule has 1 amide bonds. The molecule has 104 valence electrons. The number of amides is 1. The van der Waals surface area contributed by atoms with E-state index in [4.69, 9.17) is 0 Å². The molecule has 1 aromatic heterocycles. The second-order valence-electron chi connectivity index (χ2n) is 5.29. The average Bonchev–Trinajstić information content (AvgIpc) is 3.12. The van der Waals surface area contributed by atoms with Gasteiger partial charge in [0, 0.05) is 18.7 Å². The summed E-state index contributed by atoms with van der Waals surface area (Å²) in [5.74, 6) is 0.530. The molecule has 2 rings (SSSR count). The second-order valence-corrected chi connectivity index (χ2v) is 5.29. The van der Waals surface area contributed by atoms with Gasteiger partial charge in [0.15, 0.2) is 0 Å². The molecule has 2 N–H and O–H groups in total. The Morgan fingerprint density at radius 2 is 2.26 bits per heavy atom. The highest BCUT2D eigenvalue weighted by atomic mass is 16.2. The second kappa shape index (κ2) is 5.86. The Kier molecular flexibility index (Phi) is 4.19. The van der Waals surface area contributed by atoms with Gasteiger partial charge < -0.3 is 10.6 Å². The van der Waals surface area contributed by atoms with E-state index in [1.807, 2.05) is 13.8 Å². The highest BCUT2D eigenvalue weighted by Crippen LogP contribution is 2.28. The van der Waals surface area contributed by atoms with Crippen LogP contribution in [0.25, 0.3) is 0 Å². The molecule has 1 aliphatic rings. The van der Waals surface area contributed by atoms with E-state index in [2.05, 4.69) is 15.7 Å². The first-order valence-corrected chi connectivity index (χ1v) is 6.65. The largest absolute Gasteiger partial charge is 0.383 e. The summed E-state index contributed by atoms with van der Waals surface area (Å²) in [6.07, 6.45) is 4.10. The van der Waals surface area contributed by atoms with E-state index in [9.17, 15) is 9.59 Å². The molecule has 0 unspecified atom stereocenters. The summed E-state index contributed by atoms with van der Waals surface area (Å²) in [7, 11) is 0. The Balaban J connectivity index is 1.94. The lowest BCUT2D eigenvalue weighted by molar-refractivity contribution is -0.122. The van der Waals surface area contributed by atoms with Crippen LogP contribution in [0.15, 0.2) is 17.1 Å². The Labute approximate surface area is 112 Å². The molecule has 6 heteroatoms. The molecule has 0 aliphatic heterocycles. The molecule has 0 radical (unpaired) electrons. The summed E-state index contributed by atoms with van der Waals surface area (Å²) in [5.41, 5.74) is 0.456. The molecule has 0 saturated heterocycles. The number of nitrogens with one attached hydrogen (secondary N) is 2. The number of hydrogen-bond donors (Lipinski definition) is 2. The van der Waals surface area contributed by atoms with E-state index >= 15 is 0 Å². The van der Waals surface area contributed by atoms with E-state index in [0.717, 1.165) is 18.2 Å². The molecule has 1 aliphatic carbocycles. The van der Waals surface area contributed by atoms with Gasteiger partial charge in [-0.05, 0) is 32.6 Å². The predicted octanol–water partition coefficient (Wildman–Crippen LogP) is 0.590. The predicted molar refractivity (Wildman–Crippen MR) is 73.0 cm³/mol. The van der Waals surface area contributed by atoms with Crippen LogP contribution in [-0.4, -0.2) is 28.3 Å². The highest BCUT2D eigenvalue weighted by molar-refractivity contribution is 5.75. The van der Waals surface area contributed by atoms with Gasteiger partial charge in [0.25, 0.3) is 5.56 Å². The van der Waals surface area contributed by atoms with Crippen molar-refractivity contribution < 1.29 is 4.79 Å². The zero-order valence-corrected chi connectivity index (χ0v) is 11.3. The van der Waals surface area contributed by atoms with Crippen LogP contribution in [0.3, 0.4) is 0 Å². The Bertz CT molecular complexity index is 506. The highest BCUT2D eigenvalue weighted by Gasteiger charge is 2.20.